The van der Waals surface area contributed by atoms with Gasteiger partial charge in [-0.2, -0.15) is 0 Å². The molecule has 20 heavy (non-hydrogen) atoms. The second kappa shape index (κ2) is 6.24. The summed E-state index contributed by atoms with van der Waals surface area (Å²) in [6.07, 6.45) is 1.66. The van der Waals surface area contributed by atoms with E-state index in [0.29, 0.717) is 22.3 Å². The molecule has 0 atom stereocenters. The zero-order chi connectivity index (χ0) is 14.6. The summed E-state index contributed by atoms with van der Waals surface area (Å²) in [5.41, 5.74) is 0.960. The lowest BCUT2D eigenvalue weighted by Gasteiger charge is -2.08. The van der Waals surface area contributed by atoms with Crippen LogP contribution in [0.1, 0.15) is 12.5 Å². The van der Waals surface area contributed by atoms with Crippen molar-refractivity contribution in [1.82, 2.24) is 4.98 Å². The van der Waals surface area contributed by atoms with Crippen LogP contribution in [0.2, 0.25) is 5.02 Å². The van der Waals surface area contributed by atoms with Gasteiger partial charge in [-0.15, -0.1) is 0 Å². The molecule has 0 spiro atoms. The minimum Gasteiger partial charge on any atom is -0.365 e. The van der Waals surface area contributed by atoms with E-state index in [0.717, 1.165) is 5.56 Å². The Morgan fingerprint density at radius 1 is 1.20 bits per heavy atom. The predicted molar refractivity (Wildman–Crippen MR) is 80.7 cm³/mol. The summed E-state index contributed by atoms with van der Waals surface area (Å²) in [6, 6.07) is 10.3. The van der Waals surface area contributed by atoms with Crippen LogP contribution in [0.15, 0.2) is 47.5 Å². The van der Waals surface area contributed by atoms with Gasteiger partial charge >= 0.3 is 0 Å². The monoisotopic (exact) mass is 310 g/mol. The smallest absolute Gasteiger partial charge is 0.178 e. The van der Waals surface area contributed by atoms with Crippen LogP contribution in [-0.2, 0) is 16.4 Å². The van der Waals surface area contributed by atoms with Crippen LogP contribution in [0, 0.1) is 0 Å². The molecule has 4 nitrogen and oxygen atoms in total. The largest absolute Gasteiger partial charge is 0.365 e. The van der Waals surface area contributed by atoms with Crippen molar-refractivity contribution in [2.45, 2.75) is 18.4 Å². The summed E-state index contributed by atoms with van der Waals surface area (Å²) < 4.78 is 23.4. The number of benzene rings is 1. The first-order valence-electron chi connectivity index (χ1n) is 6.19. The number of nitrogens with one attached hydrogen (secondary N) is 1. The van der Waals surface area contributed by atoms with Crippen LogP contribution in [0.4, 0.5) is 5.82 Å². The summed E-state index contributed by atoms with van der Waals surface area (Å²) in [5.74, 6) is 0.716. The summed E-state index contributed by atoms with van der Waals surface area (Å²) in [7, 11) is -3.14. The molecule has 0 amide bonds. The molecule has 2 rings (SSSR count). The summed E-state index contributed by atoms with van der Waals surface area (Å²) in [6.45, 7) is 2.16. The Labute approximate surface area is 123 Å². The molecule has 0 fully saturated rings. The zero-order valence-electron chi connectivity index (χ0n) is 11.0. The van der Waals surface area contributed by atoms with Crippen molar-refractivity contribution >= 4 is 27.3 Å². The van der Waals surface area contributed by atoms with Gasteiger partial charge in [-0.05, 0) is 29.8 Å². The SMILES string of the molecule is CCS(=O)(=O)c1ccc(CNc2ncccc2Cl)cc1. The van der Waals surface area contributed by atoms with Gasteiger partial charge in [0, 0.05) is 12.7 Å². The molecule has 106 valence electrons. The molecule has 0 aliphatic carbocycles. The molecule has 0 saturated heterocycles. The van der Waals surface area contributed by atoms with Crippen molar-refractivity contribution in [3.8, 4) is 0 Å². The highest BCUT2D eigenvalue weighted by atomic mass is 35.5. The minimum atomic E-state index is -3.14. The molecule has 2 aromatic rings. The Morgan fingerprint density at radius 2 is 1.90 bits per heavy atom. The van der Waals surface area contributed by atoms with Crippen LogP contribution < -0.4 is 5.32 Å². The fourth-order valence-corrected chi connectivity index (χ4v) is 2.76. The van der Waals surface area contributed by atoms with Gasteiger partial charge in [-0.3, -0.25) is 0 Å². The molecule has 1 aromatic heterocycles. The van der Waals surface area contributed by atoms with Gasteiger partial charge < -0.3 is 5.32 Å². The average Bonchev–Trinajstić information content (AvgIpc) is 2.47. The number of anilines is 1. The van der Waals surface area contributed by atoms with E-state index in [4.69, 9.17) is 11.6 Å². The van der Waals surface area contributed by atoms with Gasteiger partial charge in [0.2, 0.25) is 0 Å². The molecule has 0 unspecified atom stereocenters. The van der Waals surface area contributed by atoms with Gasteiger partial charge in [0.05, 0.1) is 15.7 Å². The van der Waals surface area contributed by atoms with Crippen molar-refractivity contribution in [1.29, 1.82) is 0 Å². The van der Waals surface area contributed by atoms with Crippen LogP contribution in [0.3, 0.4) is 0 Å². The van der Waals surface area contributed by atoms with Gasteiger partial charge in [-0.25, -0.2) is 13.4 Å². The maximum atomic E-state index is 11.7. The fraction of sp³-hybridized carbons (Fsp3) is 0.214. The molecular formula is C14H15ClN2O2S. The van der Waals surface area contributed by atoms with E-state index in [1.165, 1.54) is 0 Å². The van der Waals surface area contributed by atoms with Crippen LogP contribution >= 0.6 is 11.6 Å². The second-order valence-electron chi connectivity index (χ2n) is 4.23. The second-order valence-corrected chi connectivity index (χ2v) is 6.92. The highest BCUT2D eigenvalue weighted by Gasteiger charge is 2.10. The van der Waals surface area contributed by atoms with Gasteiger partial charge in [0.15, 0.2) is 9.84 Å². The topological polar surface area (TPSA) is 59.1 Å². The first-order chi connectivity index (χ1) is 9.53. The number of nitrogens with zero attached hydrogens (tertiary/aromatic N) is 1. The van der Waals surface area contributed by atoms with Crippen LogP contribution in [0.5, 0.6) is 0 Å². The summed E-state index contributed by atoms with van der Waals surface area (Å²) in [4.78, 5) is 4.47. The Balaban J connectivity index is 2.07. The van der Waals surface area contributed by atoms with E-state index in [-0.39, 0.29) is 5.75 Å². The molecule has 0 radical (unpaired) electrons. The standard InChI is InChI=1S/C14H15ClN2O2S/c1-2-20(18,19)12-7-5-11(6-8-12)10-17-14-13(15)4-3-9-16-14/h3-9H,2,10H2,1H3,(H,16,17). The maximum absolute atomic E-state index is 11.7. The van der Waals surface area contributed by atoms with Crippen molar-refractivity contribution < 1.29 is 8.42 Å². The van der Waals surface area contributed by atoms with E-state index >= 15 is 0 Å². The number of halogens is 1. The van der Waals surface area contributed by atoms with Crippen molar-refractivity contribution in [2.24, 2.45) is 0 Å². The molecule has 0 bridgehead atoms. The van der Waals surface area contributed by atoms with Gasteiger partial charge in [0.1, 0.15) is 5.82 Å². The summed E-state index contributed by atoms with van der Waals surface area (Å²) >= 11 is 5.99. The zero-order valence-corrected chi connectivity index (χ0v) is 12.6. The van der Waals surface area contributed by atoms with E-state index in [1.807, 2.05) is 0 Å². The lowest BCUT2D eigenvalue weighted by molar-refractivity contribution is 0.597. The Kier molecular flexibility index (Phi) is 4.62. The number of pyridine rings is 1. The molecule has 0 saturated carbocycles. The lowest BCUT2D eigenvalue weighted by atomic mass is 10.2. The number of hydrogen-bond donors (Lipinski definition) is 1. The van der Waals surface area contributed by atoms with E-state index < -0.39 is 9.84 Å². The lowest BCUT2D eigenvalue weighted by Crippen LogP contribution is -2.05. The van der Waals surface area contributed by atoms with E-state index in [1.54, 1.807) is 49.5 Å². The fourth-order valence-electron chi connectivity index (χ4n) is 1.68. The van der Waals surface area contributed by atoms with Crippen molar-refractivity contribution in [3.05, 3.63) is 53.2 Å². The predicted octanol–water partition coefficient (Wildman–Crippen LogP) is 3.14. The molecule has 0 aliphatic heterocycles. The Hall–Kier alpha value is -1.59. The Morgan fingerprint density at radius 3 is 2.50 bits per heavy atom. The molecule has 1 N–H and O–H groups in total. The molecular weight excluding hydrogens is 296 g/mol. The highest BCUT2D eigenvalue weighted by molar-refractivity contribution is 7.91. The quantitative estimate of drug-likeness (QED) is 0.921. The number of sulfone groups is 1. The van der Waals surface area contributed by atoms with Gasteiger partial charge in [-0.1, -0.05) is 30.7 Å². The normalized spacial score (nSPS) is 11.3. The number of hydrogen-bond acceptors (Lipinski definition) is 4. The average molecular weight is 311 g/mol. The van der Waals surface area contributed by atoms with E-state index in [2.05, 4.69) is 10.3 Å². The summed E-state index contributed by atoms with van der Waals surface area (Å²) in [5, 5.41) is 3.66. The third-order valence-electron chi connectivity index (χ3n) is 2.88. The van der Waals surface area contributed by atoms with Crippen LogP contribution in [-0.4, -0.2) is 19.2 Å². The first-order valence-corrected chi connectivity index (χ1v) is 8.22. The first kappa shape index (κ1) is 14.8. The molecule has 6 heteroatoms. The molecule has 1 aromatic carbocycles. The maximum Gasteiger partial charge on any atom is 0.178 e. The third-order valence-corrected chi connectivity index (χ3v) is 4.94. The minimum absolute atomic E-state index is 0.105. The number of rotatable bonds is 5. The molecule has 0 aliphatic rings. The van der Waals surface area contributed by atoms with Crippen LogP contribution in [0.25, 0.3) is 0 Å². The Bertz CT molecular complexity index is 685. The van der Waals surface area contributed by atoms with Crippen molar-refractivity contribution in [3.63, 3.8) is 0 Å². The number of aromatic nitrogens is 1. The molecule has 1 heterocycles. The third kappa shape index (κ3) is 3.49. The van der Waals surface area contributed by atoms with Gasteiger partial charge in [0.25, 0.3) is 0 Å². The van der Waals surface area contributed by atoms with Crippen molar-refractivity contribution in [2.75, 3.05) is 11.1 Å². The van der Waals surface area contributed by atoms with E-state index in [9.17, 15) is 8.42 Å². The highest BCUT2D eigenvalue weighted by Crippen LogP contribution is 2.19.